The first-order valence-corrected chi connectivity index (χ1v) is 11.1. The van der Waals surface area contributed by atoms with Gasteiger partial charge < -0.3 is 9.15 Å². The topological polar surface area (TPSA) is 109 Å². The molecule has 0 saturated heterocycles. The van der Waals surface area contributed by atoms with E-state index in [0.29, 0.717) is 23.5 Å². The molecule has 9 heteroatoms. The zero-order valence-corrected chi connectivity index (χ0v) is 17.6. The smallest absolute Gasteiger partial charge is 0.262 e. The summed E-state index contributed by atoms with van der Waals surface area (Å²) < 4.78 is 39.1. The van der Waals surface area contributed by atoms with Crippen LogP contribution in [0.2, 0.25) is 0 Å². The Bertz CT molecular complexity index is 1180. The van der Waals surface area contributed by atoms with Crippen molar-refractivity contribution in [1.29, 1.82) is 0 Å². The molecule has 0 spiro atoms. The number of methoxy groups -OCH3 is 1. The van der Waals surface area contributed by atoms with Gasteiger partial charge in [-0.1, -0.05) is 30.4 Å². The average Bonchev–Trinajstić information content (AvgIpc) is 3.09. The monoisotopic (exact) mass is 442 g/mol. The molecule has 162 valence electrons. The minimum Gasteiger partial charge on any atom is -0.497 e. The van der Waals surface area contributed by atoms with Gasteiger partial charge in [0.15, 0.2) is 0 Å². The number of amides is 1. The summed E-state index contributed by atoms with van der Waals surface area (Å²) in [5, 5.41) is 10.3. The molecule has 3 aromatic rings. The molecule has 1 amide bonds. The van der Waals surface area contributed by atoms with Gasteiger partial charge in [-0.15, -0.1) is 0 Å². The van der Waals surface area contributed by atoms with Crippen molar-refractivity contribution in [2.45, 2.75) is 23.3 Å². The second-order valence-corrected chi connectivity index (χ2v) is 9.06. The predicted octanol–water partition coefficient (Wildman–Crippen LogP) is 3.05. The molecular formula is C22H22N2O6S. The number of nitrogens with zero attached hydrogens (tertiary/aromatic N) is 1. The van der Waals surface area contributed by atoms with Gasteiger partial charge in [-0.3, -0.25) is 10.0 Å². The van der Waals surface area contributed by atoms with E-state index in [9.17, 15) is 18.4 Å². The summed E-state index contributed by atoms with van der Waals surface area (Å²) in [4.78, 5) is 12.8. The van der Waals surface area contributed by atoms with Gasteiger partial charge in [0, 0.05) is 17.8 Å². The van der Waals surface area contributed by atoms with Crippen LogP contribution in [0.4, 0.5) is 0 Å². The van der Waals surface area contributed by atoms with Crippen molar-refractivity contribution in [3.63, 3.8) is 0 Å². The highest BCUT2D eigenvalue weighted by atomic mass is 32.2. The highest BCUT2D eigenvalue weighted by Crippen LogP contribution is 2.36. The minimum atomic E-state index is -4.07. The largest absolute Gasteiger partial charge is 0.497 e. The van der Waals surface area contributed by atoms with Crippen molar-refractivity contribution in [1.82, 2.24) is 9.79 Å². The Morgan fingerprint density at radius 2 is 1.90 bits per heavy atom. The SMILES string of the molecule is COc1ccc(S(=O)(=O)N2CC=CCC(c3cc4ccccc4o3)C2C(=O)NO)cc1. The van der Waals surface area contributed by atoms with Crippen molar-refractivity contribution < 1.29 is 27.6 Å². The minimum absolute atomic E-state index is 0.0164. The second-order valence-electron chi connectivity index (χ2n) is 7.17. The van der Waals surface area contributed by atoms with Crippen LogP contribution >= 0.6 is 0 Å². The summed E-state index contributed by atoms with van der Waals surface area (Å²) in [6.07, 6.45) is 3.88. The first-order chi connectivity index (χ1) is 15.0. The predicted molar refractivity (Wildman–Crippen MR) is 113 cm³/mol. The maximum Gasteiger partial charge on any atom is 0.262 e. The lowest BCUT2D eigenvalue weighted by atomic mass is 9.93. The van der Waals surface area contributed by atoms with Crippen molar-refractivity contribution in [2.24, 2.45) is 0 Å². The molecule has 1 aliphatic rings. The number of benzene rings is 2. The number of ether oxygens (including phenoxy) is 1. The van der Waals surface area contributed by atoms with Gasteiger partial charge in [-0.05, 0) is 42.8 Å². The molecular weight excluding hydrogens is 420 g/mol. The molecule has 2 N–H and O–H groups in total. The van der Waals surface area contributed by atoms with Crippen LogP contribution in [0.5, 0.6) is 5.75 Å². The number of rotatable bonds is 5. The van der Waals surface area contributed by atoms with Crippen LogP contribution in [0.25, 0.3) is 11.0 Å². The van der Waals surface area contributed by atoms with E-state index >= 15 is 0 Å². The van der Waals surface area contributed by atoms with E-state index in [1.165, 1.54) is 19.2 Å². The molecule has 2 atom stereocenters. The maximum atomic E-state index is 13.5. The number of sulfonamides is 1. The number of carbonyl (C=O) groups excluding carboxylic acids is 1. The highest BCUT2D eigenvalue weighted by molar-refractivity contribution is 7.89. The first-order valence-electron chi connectivity index (χ1n) is 9.69. The molecule has 0 fully saturated rings. The Labute approximate surface area is 179 Å². The lowest BCUT2D eigenvalue weighted by Crippen LogP contribution is -2.51. The second kappa shape index (κ2) is 8.54. The molecule has 2 aromatic carbocycles. The van der Waals surface area contributed by atoms with Crippen LogP contribution in [-0.2, 0) is 14.8 Å². The summed E-state index contributed by atoms with van der Waals surface area (Å²) in [5.74, 6) is -0.478. The van der Waals surface area contributed by atoms with E-state index in [-0.39, 0.29) is 11.4 Å². The van der Waals surface area contributed by atoms with Crippen LogP contribution in [0.15, 0.2) is 76.1 Å². The number of hydrogen-bond acceptors (Lipinski definition) is 6. The van der Waals surface area contributed by atoms with Gasteiger partial charge in [-0.25, -0.2) is 13.9 Å². The van der Waals surface area contributed by atoms with E-state index in [1.807, 2.05) is 24.3 Å². The van der Waals surface area contributed by atoms with Gasteiger partial charge in [0.2, 0.25) is 10.0 Å². The zero-order chi connectivity index (χ0) is 22.0. The molecule has 4 rings (SSSR count). The number of fused-ring (bicyclic) bond motifs is 1. The van der Waals surface area contributed by atoms with Gasteiger partial charge in [0.25, 0.3) is 5.91 Å². The number of hydroxylamine groups is 1. The van der Waals surface area contributed by atoms with Crippen LogP contribution in [-0.4, -0.2) is 43.5 Å². The van der Waals surface area contributed by atoms with Crippen LogP contribution in [0.3, 0.4) is 0 Å². The maximum absolute atomic E-state index is 13.5. The van der Waals surface area contributed by atoms with Gasteiger partial charge in [-0.2, -0.15) is 4.31 Å². The molecule has 8 nitrogen and oxygen atoms in total. The fourth-order valence-electron chi connectivity index (χ4n) is 3.83. The van der Waals surface area contributed by atoms with Gasteiger partial charge in [0.05, 0.1) is 12.0 Å². The number of hydrogen-bond donors (Lipinski definition) is 2. The van der Waals surface area contributed by atoms with E-state index < -0.39 is 27.9 Å². The normalized spacial score (nSPS) is 19.8. The summed E-state index contributed by atoms with van der Waals surface area (Å²) in [5.41, 5.74) is 2.27. The Balaban J connectivity index is 1.80. The molecule has 1 aromatic heterocycles. The van der Waals surface area contributed by atoms with Crippen molar-refractivity contribution in [3.8, 4) is 5.75 Å². The number of carbonyl (C=O) groups is 1. The Morgan fingerprint density at radius 3 is 2.58 bits per heavy atom. The number of allylic oxidation sites excluding steroid dienone is 1. The van der Waals surface area contributed by atoms with Crippen molar-refractivity contribution in [2.75, 3.05) is 13.7 Å². The zero-order valence-electron chi connectivity index (χ0n) is 16.8. The third-order valence-electron chi connectivity index (χ3n) is 5.39. The van der Waals surface area contributed by atoms with Crippen LogP contribution in [0.1, 0.15) is 18.1 Å². The van der Waals surface area contributed by atoms with Crippen molar-refractivity contribution >= 4 is 26.9 Å². The molecule has 2 heterocycles. The first kappa shape index (κ1) is 21.1. The molecule has 0 saturated carbocycles. The van der Waals surface area contributed by atoms with Gasteiger partial charge in [0.1, 0.15) is 23.1 Å². The molecule has 31 heavy (non-hydrogen) atoms. The van der Waals surface area contributed by atoms with Crippen LogP contribution in [0, 0.1) is 0 Å². The van der Waals surface area contributed by atoms with E-state index in [0.717, 1.165) is 9.69 Å². The van der Waals surface area contributed by atoms with E-state index in [4.69, 9.17) is 9.15 Å². The molecule has 0 aliphatic carbocycles. The molecule has 1 aliphatic heterocycles. The van der Waals surface area contributed by atoms with Crippen molar-refractivity contribution in [3.05, 3.63) is 72.5 Å². The highest BCUT2D eigenvalue weighted by Gasteiger charge is 2.43. The Kier molecular flexibility index (Phi) is 5.81. The molecule has 0 bridgehead atoms. The molecule has 2 unspecified atom stereocenters. The summed E-state index contributed by atoms with van der Waals surface area (Å²) in [6.45, 7) is -0.0246. The summed E-state index contributed by atoms with van der Waals surface area (Å²) in [6, 6.07) is 13.9. The quantitative estimate of drug-likeness (QED) is 0.357. The van der Waals surface area contributed by atoms with Crippen LogP contribution < -0.4 is 10.2 Å². The lowest BCUT2D eigenvalue weighted by Gasteiger charge is -2.31. The lowest BCUT2D eigenvalue weighted by molar-refractivity contribution is -0.133. The summed E-state index contributed by atoms with van der Waals surface area (Å²) in [7, 11) is -2.58. The fraction of sp³-hybridized carbons (Fsp3) is 0.227. The average molecular weight is 442 g/mol. The number of nitrogens with one attached hydrogen (secondary N) is 1. The number of para-hydroxylation sites is 1. The third-order valence-corrected chi connectivity index (χ3v) is 7.25. The number of furan rings is 1. The third kappa shape index (κ3) is 3.95. The molecule has 0 radical (unpaired) electrons. The van der Waals surface area contributed by atoms with E-state index in [1.54, 1.807) is 35.8 Å². The van der Waals surface area contributed by atoms with Gasteiger partial charge >= 0.3 is 0 Å². The van der Waals surface area contributed by atoms with E-state index in [2.05, 4.69) is 0 Å². The standard InChI is InChI=1S/C22H22N2O6S/c1-29-16-9-11-17(12-10-16)31(27,28)24-13-5-4-7-18(21(24)22(25)23-26)20-14-15-6-2-3-8-19(15)30-20/h2-6,8-12,14,18,21,26H,7,13H2,1H3,(H,23,25). The Hall–Kier alpha value is -3.14. The fourth-order valence-corrected chi connectivity index (χ4v) is 5.41. The summed E-state index contributed by atoms with van der Waals surface area (Å²) >= 11 is 0. The Morgan fingerprint density at radius 1 is 1.16 bits per heavy atom.